The number of carbonyl (C=O) groups excluding carboxylic acids is 1. The third-order valence-electron chi connectivity index (χ3n) is 4.65. The molecule has 1 N–H and O–H groups in total. The largest absolute Gasteiger partial charge is 0.497 e. The molecule has 0 atom stereocenters. The van der Waals surface area contributed by atoms with Gasteiger partial charge in [-0.3, -0.25) is 4.79 Å². The minimum atomic E-state index is -0.148. The lowest BCUT2D eigenvalue weighted by atomic mass is 10.1. The van der Waals surface area contributed by atoms with Crippen molar-refractivity contribution in [3.8, 4) is 17.2 Å². The third kappa shape index (κ3) is 5.77. The summed E-state index contributed by atoms with van der Waals surface area (Å²) in [6, 6.07) is 20.9. The number of benzene rings is 3. The second kappa shape index (κ2) is 10.3. The highest BCUT2D eigenvalue weighted by Crippen LogP contribution is 2.23. The highest BCUT2D eigenvalue weighted by atomic mass is 16.5. The van der Waals surface area contributed by atoms with Crippen molar-refractivity contribution in [1.82, 2.24) is 5.32 Å². The third-order valence-corrected chi connectivity index (χ3v) is 4.65. The van der Waals surface area contributed by atoms with Crippen LogP contribution in [0, 0.1) is 6.92 Å². The molecule has 3 aromatic rings. The lowest BCUT2D eigenvalue weighted by molar-refractivity contribution is 0.0950. The van der Waals surface area contributed by atoms with Crippen molar-refractivity contribution in [1.29, 1.82) is 0 Å². The number of hydrogen-bond acceptors (Lipinski definition) is 4. The zero-order valence-electron chi connectivity index (χ0n) is 17.6. The average Bonchev–Trinajstić information content (AvgIpc) is 2.78. The molecule has 0 aliphatic heterocycles. The smallest absolute Gasteiger partial charge is 0.251 e. The summed E-state index contributed by atoms with van der Waals surface area (Å²) in [6.45, 7) is 5.26. The van der Waals surface area contributed by atoms with Crippen molar-refractivity contribution < 1.29 is 19.0 Å². The summed E-state index contributed by atoms with van der Waals surface area (Å²) in [4.78, 5) is 12.7. The number of nitrogens with one attached hydrogen (secondary N) is 1. The van der Waals surface area contributed by atoms with E-state index in [0.29, 0.717) is 25.3 Å². The quantitative estimate of drug-likeness (QED) is 0.549. The lowest BCUT2D eigenvalue weighted by Gasteiger charge is -2.14. The van der Waals surface area contributed by atoms with Crippen LogP contribution in [0.4, 0.5) is 0 Å². The number of hydrogen-bond donors (Lipinski definition) is 1. The molecular formula is C25H27NO4. The van der Waals surface area contributed by atoms with E-state index in [2.05, 4.69) is 5.32 Å². The molecule has 156 valence electrons. The average molecular weight is 405 g/mol. The Bertz CT molecular complexity index is 965. The van der Waals surface area contributed by atoms with Crippen LogP contribution in [0.2, 0.25) is 0 Å². The Labute approximate surface area is 177 Å². The second-order valence-electron chi connectivity index (χ2n) is 6.89. The fraction of sp³-hybridized carbons (Fsp3) is 0.240. The first kappa shape index (κ1) is 21.2. The standard InChI is InChI=1S/C25H27NO4/c1-4-29-24-14-9-20(15-21(24)17-30-23-10-5-18(2)6-11-23)25(27)26-16-19-7-12-22(28-3)13-8-19/h5-15H,4,16-17H2,1-3H3,(H,26,27). The molecule has 0 fully saturated rings. The molecule has 0 aliphatic rings. The molecule has 30 heavy (non-hydrogen) atoms. The van der Waals surface area contributed by atoms with Crippen molar-refractivity contribution in [2.24, 2.45) is 0 Å². The van der Waals surface area contributed by atoms with E-state index in [-0.39, 0.29) is 5.91 Å². The molecule has 0 radical (unpaired) electrons. The van der Waals surface area contributed by atoms with Gasteiger partial charge in [0.2, 0.25) is 0 Å². The molecule has 0 aromatic heterocycles. The maximum atomic E-state index is 12.7. The van der Waals surface area contributed by atoms with Crippen molar-refractivity contribution >= 4 is 5.91 Å². The van der Waals surface area contributed by atoms with Crippen LogP contribution in [-0.4, -0.2) is 19.6 Å². The van der Waals surface area contributed by atoms with E-state index < -0.39 is 0 Å². The Balaban J connectivity index is 1.68. The van der Waals surface area contributed by atoms with Gasteiger partial charge in [0, 0.05) is 17.7 Å². The van der Waals surface area contributed by atoms with Gasteiger partial charge >= 0.3 is 0 Å². The van der Waals surface area contributed by atoms with Crippen LogP contribution in [-0.2, 0) is 13.2 Å². The summed E-state index contributed by atoms with van der Waals surface area (Å²) in [5.41, 5.74) is 3.56. The maximum absolute atomic E-state index is 12.7. The van der Waals surface area contributed by atoms with Gasteiger partial charge in [0.1, 0.15) is 23.9 Å². The van der Waals surface area contributed by atoms with Crippen molar-refractivity contribution in [2.45, 2.75) is 27.0 Å². The van der Waals surface area contributed by atoms with Gasteiger partial charge in [-0.1, -0.05) is 29.8 Å². The Morgan fingerprint density at radius 3 is 2.27 bits per heavy atom. The van der Waals surface area contributed by atoms with E-state index in [0.717, 1.165) is 28.4 Å². The monoisotopic (exact) mass is 405 g/mol. The van der Waals surface area contributed by atoms with E-state index >= 15 is 0 Å². The van der Waals surface area contributed by atoms with Crippen LogP contribution in [0.5, 0.6) is 17.2 Å². The molecule has 0 spiro atoms. The summed E-state index contributed by atoms with van der Waals surface area (Å²) in [7, 11) is 1.63. The lowest BCUT2D eigenvalue weighted by Crippen LogP contribution is -2.23. The molecule has 5 nitrogen and oxygen atoms in total. The van der Waals surface area contributed by atoms with Crippen molar-refractivity contribution in [2.75, 3.05) is 13.7 Å². The predicted molar refractivity (Wildman–Crippen MR) is 117 cm³/mol. The zero-order chi connectivity index (χ0) is 21.3. The van der Waals surface area contributed by atoms with Gasteiger partial charge < -0.3 is 19.5 Å². The number of rotatable bonds is 9. The molecule has 3 aromatic carbocycles. The van der Waals surface area contributed by atoms with Crippen LogP contribution in [0.25, 0.3) is 0 Å². The van der Waals surface area contributed by atoms with Gasteiger partial charge in [0.25, 0.3) is 5.91 Å². The molecule has 0 saturated carbocycles. The summed E-state index contributed by atoms with van der Waals surface area (Å²) in [5, 5.41) is 2.95. The highest BCUT2D eigenvalue weighted by Gasteiger charge is 2.11. The molecular weight excluding hydrogens is 378 g/mol. The zero-order valence-corrected chi connectivity index (χ0v) is 17.6. The summed E-state index contributed by atoms with van der Waals surface area (Å²) >= 11 is 0. The summed E-state index contributed by atoms with van der Waals surface area (Å²) < 4.78 is 16.8. The molecule has 1 amide bonds. The minimum absolute atomic E-state index is 0.148. The number of ether oxygens (including phenoxy) is 3. The summed E-state index contributed by atoms with van der Waals surface area (Å²) in [5.74, 6) is 2.13. The molecule has 3 rings (SSSR count). The Morgan fingerprint density at radius 2 is 1.60 bits per heavy atom. The van der Waals surface area contributed by atoms with Crippen LogP contribution < -0.4 is 19.5 Å². The molecule has 0 saturated heterocycles. The molecule has 0 aliphatic carbocycles. The normalized spacial score (nSPS) is 10.4. The van der Waals surface area contributed by atoms with Gasteiger partial charge in [0.05, 0.1) is 13.7 Å². The van der Waals surface area contributed by atoms with Gasteiger partial charge in [0.15, 0.2) is 0 Å². The Hall–Kier alpha value is -3.47. The van der Waals surface area contributed by atoms with Crippen LogP contribution in [0.3, 0.4) is 0 Å². The van der Waals surface area contributed by atoms with Crippen molar-refractivity contribution in [3.63, 3.8) is 0 Å². The Morgan fingerprint density at radius 1 is 0.900 bits per heavy atom. The minimum Gasteiger partial charge on any atom is -0.497 e. The van der Waals surface area contributed by atoms with E-state index in [1.807, 2.05) is 74.5 Å². The Kier molecular flexibility index (Phi) is 7.33. The molecule has 0 heterocycles. The first-order valence-corrected chi connectivity index (χ1v) is 9.95. The fourth-order valence-electron chi connectivity index (χ4n) is 2.95. The number of aryl methyl sites for hydroxylation is 1. The van der Waals surface area contributed by atoms with E-state index in [1.54, 1.807) is 13.2 Å². The van der Waals surface area contributed by atoms with Gasteiger partial charge in [-0.05, 0) is 61.9 Å². The van der Waals surface area contributed by atoms with E-state index in [4.69, 9.17) is 14.2 Å². The van der Waals surface area contributed by atoms with Gasteiger partial charge in [-0.25, -0.2) is 0 Å². The highest BCUT2D eigenvalue weighted by molar-refractivity contribution is 5.94. The van der Waals surface area contributed by atoms with Gasteiger partial charge in [-0.15, -0.1) is 0 Å². The van der Waals surface area contributed by atoms with Gasteiger partial charge in [-0.2, -0.15) is 0 Å². The van der Waals surface area contributed by atoms with E-state index in [1.165, 1.54) is 5.56 Å². The second-order valence-corrected chi connectivity index (χ2v) is 6.89. The topological polar surface area (TPSA) is 56.8 Å². The SMILES string of the molecule is CCOc1ccc(C(=O)NCc2ccc(OC)cc2)cc1COc1ccc(C)cc1. The number of carbonyl (C=O) groups is 1. The predicted octanol–water partition coefficient (Wildman–Crippen LogP) is 4.91. The molecule has 0 unspecified atom stereocenters. The van der Waals surface area contributed by atoms with E-state index in [9.17, 15) is 4.79 Å². The van der Waals surface area contributed by atoms with Crippen LogP contribution >= 0.6 is 0 Å². The first-order valence-electron chi connectivity index (χ1n) is 9.95. The molecule has 0 bridgehead atoms. The number of methoxy groups -OCH3 is 1. The number of amides is 1. The summed E-state index contributed by atoms with van der Waals surface area (Å²) in [6.07, 6.45) is 0. The van der Waals surface area contributed by atoms with Crippen LogP contribution in [0.15, 0.2) is 66.7 Å². The van der Waals surface area contributed by atoms with Crippen molar-refractivity contribution in [3.05, 3.63) is 89.0 Å². The maximum Gasteiger partial charge on any atom is 0.251 e. The first-order chi connectivity index (χ1) is 14.6. The van der Waals surface area contributed by atoms with Crippen LogP contribution in [0.1, 0.15) is 34.0 Å². The fourth-order valence-corrected chi connectivity index (χ4v) is 2.95. The molecule has 5 heteroatoms.